The first kappa shape index (κ1) is 13.4. The monoisotopic (exact) mass is 253 g/mol. The van der Waals surface area contributed by atoms with Gasteiger partial charge in [0.25, 0.3) is 0 Å². The lowest BCUT2D eigenvalue weighted by molar-refractivity contribution is -0.144. The molecule has 0 saturated heterocycles. The highest BCUT2D eigenvalue weighted by Crippen LogP contribution is 2.40. The van der Waals surface area contributed by atoms with Crippen molar-refractivity contribution in [1.82, 2.24) is 0 Å². The Morgan fingerprint density at radius 2 is 1.53 bits per heavy atom. The normalized spacial score (nSPS) is 12.4. The second-order valence-electron chi connectivity index (χ2n) is 3.27. The maximum absolute atomic E-state index is 12.5. The van der Waals surface area contributed by atoms with E-state index in [1.807, 2.05) is 0 Å². The second-order valence-corrected chi connectivity index (χ2v) is 3.27. The van der Waals surface area contributed by atoms with Crippen LogP contribution in [0.25, 0.3) is 0 Å². The molecule has 0 fully saturated rings. The van der Waals surface area contributed by atoms with Crippen molar-refractivity contribution in [2.75, 3.05) is 0 Å². The van der Waals surface area contributed by atoms with Gasteiger partial charge in [-0.05, 0) is 24.6 Å². The van der Waals surface area contributed by atoms with Gasteiger partial charge in [-0.2, -0.15) is 31.6 Å². The second kappa shape index (κ2) is 3.95. The molecule has 0 unspecified atom stereocenters. The minimum absolute atomic E-state index is 0.475. The molecule has 0 saturated carbocycles. The average molecular weight is 253 g/mol. The van der Waals surface area contributed by atoms with E-state index >= 15 is 0 Å². The molecule has 0 N–H and O–H groups in total. The van der Waals surface area contributed by atoms with Gasteiger partial charge in [0.05, 0.1) is 22.8 Å². The quantitative estimate of drug-likeness (QED) is 0.643. The van der Waals surface area contributed by atoms with E-state index in [0.717, 1.165) is 0 Å². The van der Waals surface area contributed by atoms with Crippen molar-refractivity contribution in [2.45, 2.75) is 19.3 Å². The molecule has 0 heterocycles. The maximum Gasteiger partial charge on any atom is 0.417 e. The maximum atomic E-state index is 12.5. The molecule has 1 nitrogen and oxygen atoms in total. The highest BCUT2D eigenvalue weighted by atomic mass is 19.4. The summed E-state index contributed by atoms with van der Waals surface area (Å²) in [5.74, 6) is 0. The van der Waals surface area contributed by atoms with Crippen LogP contribution in [0.4, 0.5) is 26.3 Å². The standard InChI is InChI=1S/C10H5F6N/c1-5-7(9(11,12)13)3-2-6(4-17)8(5)10(14,15)16/h2-3H,1H3. The Kier molecular flexibility index (Phi) is 3.10. The molecule has 0 atom stereocenters. The van der Waals surface area contributed by atoms with Crippen molar-refractivity contribution in [3.8, 4) is 6.07 Å². The third-order valence-corrected chi connectivity index (χ3v) is 2.17. The molecule has 7 heteroatoms. The lowest BCUT2D eigenvalue weighted by Gasteiger charge is -2.17. The lowest BCUT2D eigenvalue weighted by atomic mass is 9.96. The molecule has 0 bridgehead atoms. The Morgan fingerprint density at radius 1 is 1.00 bits per heavy atom. The van der Waals surface area contributed by atoms with Gasteiger partial charge in [-0.15, -0.1) is 0 Å². The largest absolute Gasteiger partial charge is 0.417 e. The van der Waals surface area contributed by atoms with Gasteiger partial charge < -0.3 is 0 Å². The van der Waals surface area contributed by atoms with E-state index in [4.69, 9.17) is 5.26 Å². The molecule has 1 rings (SSSR count). The molecule has 17 heavy (non-hydrogen) atoms. The van der Waals surface area contributed by atoms with Crippen molar-refractivity contribution in [2.24, 2.45) is 0 Å². The van der Waals surface area contributed by atoms with Crippen LogP contribution in [0.5, 0.6) is 0 Å². The fraction of sp³-hybridized carbons (Fsp3) is 0.300. The molecule has 0 amide bonds. The summed E-state index contributed by atoms with van der Waals surface area (Å²) in [6.07, 6.45) is -9.87. The van der Waals surface area contributed by atoms with Crippen LogP contribution in [0.2, 0.25) is 0 Å². The van der Waals surface area contributed by atoms with E-state index in [1.165, 1.54) is 6.07 Å². The molecule has 1 aromatic carbocycles. The van der Waals surface area contributed by atoms with E-state index in [-0.39, 0.29) is 0 Å². The van der Waals surface area contributed by atoms with Crippen LogP contribution < -0.4 is 0 Å². The summed E-state index contributed by atoms with van der Waals surface area (Å²) in [5, 5.41) is 8.47. The molecule has 0 aromatic heterocycles. The van der Waals surface area contributed by atoms with Gasteiger partial charge >= 0.3 is 12.4 Å². The number of nitrogens with zero attached hydrogens (tertiary/aromatic N) is 1. The Hall–Kier alpha value is -1.71. The molecule has 0 radical (unpaired) electrons. The Labute approximate surface area is 92.3 Å². The van der Waals surface area contributed by atoms with Crippen LogP contribution in [0.1, 0.15) is 22.3 Å². The van der Waals surface area contributed by atoms with Crippen LogP contribution in [0, 0.1) is 18.3 Å². The van der Waals surface area contributed by atoms with Crippen molar-refractivity contribution in [3.63, 3.8) is 0 Å². The van der Waals surface area contributed by atoms with Crippen LogP contribution in [0.3, 0.4) is 0 Å². The number of nitriles is 1. The fourth-order valence-corrected chi connectivity index (χ4v) is 1.48. The smallest absolute Gasteiger partial charge is 0.192 e. The molecule has 0 aliphatic carbocycles. The van der Waals surface area contributed by atoms with Crippen molar-refractivity contribution < 1.29 is 26.3 Å². The summed E-state index contributed by atoms with van der Waals surface area (Å²) >= 11 is 0. The SMILES string of the molecule is Cc1c(C(F)(F)F)ccc(C#N)c1C(F)(F)F. The molecule has 0 spiro atoms. The summed E-state index contributed by atoms with van der Waals surface area (Å²) in [7, 11) is 0. The zero-order chi connectivity index (χ0) is 13.4. The summed E-state index contributed by atoms with van der Waals surface area (Å²) in [4.78, 5) is 0. The van der Waals surface area contributed by atoms with Crippen molar-refractivity contribution in [1.29, 1.82) is 5.26 Å². The van der Waals surface area contributed by atoms with Gasteiger partial charge in [0.2, 0.25) is 0 Å². The molecule has 92 valence electrons. The van der Waals surface area contributed by atoms with E-state index in [9.17, 15) is 26.3 Å². The van der Waals surface area contributed by atoms with E-state index in [0.29, 0.717) is 19.1 Å². The van der Waals surface area contributed by atoms with Crippen LogP contribution in [-0.2, 0) is 12.4 Å². The first-order valence-corrected chi connectivity index (χ1v) is 4.27. The zero-order valence-corrected chi connectivity index (χ0v) is 8.37. The Morgan fingerprint density at radius 3 is 1.88 bits per heavy atom. The zero-order valence-electron chi connectivity index (χ0n) is 8.37. The van der Waals surface area contributed by atoms with Gasteiger partial charge in [0.1, 0.15) is 0 Å². The van der Waals surface area contributed by atoms with E-state index in [1.54, 1.807) is 0 Å². The minimum Gasteiger partial charge on any atom is -0.192 e. The third kappa shape index (κ3) is 2.52. The van der Waals surface area contributed by atoms with E-state index < -0.39 is 34.6 Å². The predicted molar refractivity (Wildman–Crippen MR) is 45.9 cm³/mol. The Bertz CT molecular complexity index is 477. The first-order valence-electron chi connectivity index (χ1n) is 4.27. The summed E-state index contributed by atoms with van der Waals surface area (Å²) < 4.78 is 74.8. The number of hydrogen-bond donors (Lipinski definition) is 0. The van der Waals surface area contributed by atoms with Gasteiger partial charge in [-0.1, -0.05) is 0 Å². The number of rotatable bonds is 0. The number of alkyl halides is 6. The Balaban J connectivity index is 3.63. The summed E-state index contributed by atoms with van der Waals surface area (Å²) in [5.41, 5.74) is -4.72. The van der Waals surface area contributed by atoms with Crippen LogP contribution >= 0.6 is 0 Å². The third-order valence-electron chi connectivity index (χ3n) is 2.17. The highest BCUT2D eigenvalue weighted by Gasteiger charge is 2.41. The molecular weight excluding hydrogens is 248 g/mol. The summed E-state index contributed by atoms with van der Waals surface area (Å²) in [6, 6.07) is 2.24. The van der Waals surface area contributed by atoms with Crippen LogP contribution in [-0.4, -0.2) is 0 Å². The van der Waals surface area contributed by atoms with Gasteiger partial charge in [0, 0.05) is 0 Å². The number of benzene rings is 1. The molecular formula is C10H5F6N. The van der Waals surface area contributed by atoms with E-state index in [2.05, 4.69) is 0 Å². The predicted octanol–water partition coefficient (Wildman–Crippen LogP) is 3.90. The van der Waals surface area contributed by atoms with Gasteiger partial charge in [-0.3, -0.25) is 0 Å². The van der Waals surface area contributed by atoms with Gasteiger partial charge in [0.15, 0.2) is 0 Å². The van der Waals surface area contributed by atoms with Crippen molar-refractivity contribution in [3.05, 3.63) is 34.4 Å². The molecule has 0 aliphatic rings. The molecule has 1 aromatic rings. The first-order chi connectivity index (χ1) is 7.59. The summed E-state index contributed by atoms with van der Waals surface area (Å²) in [6.45, 7) is 0.701. The topological polar surface area (TPSA) is 23.8 Å². The molecule has 0 aliphatic heterocycles. The number of hydrogen-bond acceptors (Lipinski definition) is 1. The number of halogens is 6. The average Bonchev–Trinajstić information content (AvgIpc) is 2.12. The van der Waals surface area contributed by atoms with Crippen molar-refractivity contribution >= 4 is 0 Å². The van der Waals surface area contributed by atoms with Crippen LogP contribution in [0.15, 0.2) is 12.1 Å². The minimum atomic E-state index is -4.99. The fourth-order valence-electron chi connectivity index (χ4n) is 1.48. The highest BCUT2D eigenvalue weighted by molar-refractivity contribution is 5.48. The van der Waals surface area contributed by atoms with Gasteiger partial charge in [-0.25, -0.2) is 0 Å². The lowest BCUT2D eigenvalue weighted by Crippen LogP contribution is -2.16.